The van der Waals surface area contributed by atoms with E-state index in [4.69, 9.17) is 16.6 Å². The number of benzene rings is 1. The summed E-state index contributed by atoms with van der Waals surface area (Å²) in [6.45, 7) is 0.622. The van der Waals surface area contributed by atoms with Crippen LogP contribution in [0.4, 0.5) is 5.82 Å². The molecule has 0 radical (unpaired) electrons. The van der Waals surface area contributed by atoms with Crippen LogP contribution in [0, 0.1) is 0 Å². The number of nitrogens with one attached hydrogen (secondary N) is 1. The van der Waals surface area contributed by atoms with Crippen molar-refractivity contribution in [1.29, 1.82) is 0 Å². The molecular weight excluding hydrogens is 358 g/mol. The Bertz CT molecular complexity index is 1020. The molecule has 0 unspecified atom stereocenters. The van der Waals surface area contributed by atoms with Gasteiger partial charge in [0.25, 0.3) is 0 Å². The van der Waals surface area contributed by atoms with Gasteiger partial charge in [0.05, 0.1) is 5.69 Å². The minimum absolute atomic E-state index is 0.615. The van der Waals surface area contributed by atoms with Crippen molar-refractivity contribution in [3.05, 3.63) is 90.0 Å². The van der Waals surface area contributed by atoms with Gasteiger partial charge in [-0.05, 0) is 35.9 Å². The lowest BCUT2D eigenvalue weighted by atomic mass is 10.1. The number of aromatic nitrogens is 4. The summed E-state index contributed by atoms with van der Waals surface area (Å²) in [6, 6.07) is 17.3. The van der Waals surface area contributed by atoms with Crippen molar-refractivity contribution in [3.8, 4) is 22.6 Å². The minimum Gasteiger partial charge on any atom is -0.366 e. The molecule has 0 atom stereocenters. The quantitative estimate of drug-likeness (QED) is 0.541. The number of anilines is 1. The van der Waals surface area contributed by atoms with E-state index in [1.165, 1.54) is 0 Å². The zero-order valence-corrected chi connectivity index (χ0v) is 15.1. The fourth-order valence-electron chi connectivity index (χ4n) is 2.63. The topological polar surface area (TPSA) is 63.6 Å². The highest BCUT2D eigenvalue weighted by atomic mass is 35.5. The van der Waals surface area contributed by atoms with Crippen molar-refractivity contribution < 1.29 is 0 Å². The van der Waals surface area contributed by atoms with Crippen molar-refractivity contribution >= 4 is 17.4 Å². The molecule has 132 valence electrons. The average Bonchev–Trinajstić information content (AvgIpc) is 2.74. The lowest BCUT2D eigenvalue weighted by Crippen LogP contribution is -2.04. The monoisotopic (exact) mass is 373 g/mol. The summed E-state index contributed by atoms with van der Waals surface area (Å²) in [7, 11) is 0. The standard InChI is InChI=1S/C21H16ClN5/c22-18-7-5-16(6-8-18)19-11-20(25-13-15-3-1-9-23-12-15)27-21(26-19)17-4-2-10-24-14-17/h1-12,14H,13H2,(H,25,26,27). The molecule has 0 aliphatic carbocycles. The fourth-order valence-corrected chi connectivity index (χ4v) is 2.75. The summed E-state index contributed by atoms with van der Waals surface area (Å²) in [5, 5.41) is 4.05. The Balaban J connectivity index is 1.71. The van der Waals surface area contributed by atoms with Crippen molar-refractivity contribution in [1.82, 2.24) is 19.9 Å². The second-order valence-corrected chi connectivity index (χ2v) is 6.36. The third-order valence-corrected chi connectivity index (χ3v) is 4.23. The molecule has 0 aliphatic rings. The summed E-state index contributed by atoms with van der Waals surface area (Å²) >= 11 is 6.02. The van der Waals surface area contributed by atoms with Crippen LogP contribution in [0.1, 0.15) is 5.56 Å². The normalized spacial score (nSPS) is 10.6. The fraction of sp³-hybridized carbons (Fsp3) is 0.0476. The van der Waals surface area contributed by atoms with Crippen LogP contribution in [0.15, 0.2) is 79.4 Å². The van der Waals surface area contributed by atoms with Crippen LogP contribution in [-0.4, -0.2) is 19.9 Å². The summed E-state index contributed by atoms with van der Waals surface area (Å²) in [6.07, 6.45) is 7.07. The van der Waals surface area contributed by atoms with E-state index in [1.54, 1.807) is 18.6 Å². The van der Waals surface area contributed by atoms with Gasteiger partial charge in [-0.2, -0.15) is 0 Å². The molecule has 27 heavy (non-hydrogen) atoms. The Labute approximate surface area is 162 Å². The van der Waals surface area contributed by atoms with Gasteiger partial charge in [-0.25, -0.2) is 9.97 Å². The largest absolute Gasteiger partial charge is 0.366 e. The Kier molecular flexibility index (Phi) is 5.03. The van der Waals surface area contributed by atoms with Gasteiger partial charge in [-0.3, -0.25) is 9.97 Å². The third kappa shape index (κ3) is 4.27. The molecule has 0 fully saturated rings. The Hall–Kier alpha value is -3.31. The van der Waals surface area contributed by atoms with Gasteiger partial charge >= 0.3 is 0 Å². The first kappa shape index (κ1) is 17.1. The highest BCUT2D eigenvalue weighted by molar-refractivity contribution is 6.30. The molecule has 0 saturated carbocycles. The molecule has 0 aliphatic heterocycles. The SMILES string of the molecule is Clc1ccc(-c2cc(NCc3cccnc3)nc(-c3cccnc3)n2)cc1. The lowest BCUT2D eigenvalue weighted by Gasteiger charge is -2.10. The average molecular weight is 374 g/mol. The van der Waals surface area contributed by atoms with Crippen LogP contribution in [0.2, 0.25) is 5.02 Å². The lowest BCUT2D eigenvalue weighted by molar-refractivity contribution is 1.07. The van der Waals surface area contributed by atoms with Crippen LogP contribution in [-0.2, 0) is 6.54 Å². The third-order valence-electron chi connectivity index (χ3n) is 3.98. The van der Waals surface area contributed by atoms with E-state index in [2.05, 4.69) is 20.3 Å². The second-order valence-electron chi connectivity index (χ2n) is 5.93. The van der Waals surface area contributed by atoms with E-state index in [-0.39, 0.29) is 0 Å². The summed E-state index contributed by atoms with van der Waals surface area (Å²) in [5.41, 5.74) is 3.72. The molecule has 4 rings (SSSR count). The van der Waals surface area contributed by atoms with E-state index in [0.29, 0.717) is 17.4 Å². The smallest absolute Gasteiger partial charge is 0.163 e. The van der Waals surface area contributed by atoms with E-state index < -0.39 is 0 Å². The Morgan fingerprint density at radius 3 is 2.30 bits per heavy atom. The molecule has 0 spiro atoms. The van der Waals surface area contributed by atoms with Gasteiger partial charge in [-0.15, -0.1) is 0 Å². The van der Waals surface area contributed by atoms with Gasteiger partial charge in [0.1, 0.15) is 5.82 Å². The van der Waals surface area contributed by atoms with Crippen molar-refractivity contribution in [2.75, 3.05) is 5.32 Å². The van der Waals surface area contributed by atoms with E-state index in [0.717, 1.165) is 28.2 Å². The molecule has 0 bridgehead atoms. The molecule has 6 heteroatoms. The van der Waals surface area contributed by atoms with Crippen LogP contribution in [0.3, 0.4) is 0 Å². The first-order valence-electron chi connectivity index (χ1n) is 8.46. The van der Waals surface area contributed by atoms with Crippen LogP contribution < -0.4 is 5.32 Å². The highest BCUT2D eigenvalue weighted by Gasteiger charge is 2.09. The van der Waals surface area contributed by atoms with Gasteiger partial charge < -0.3 is 5.32 Å². The van der Waals surface area contributed by atoms with Crippen molar-refractivity contribution in [2.45, 2.75) is 6.54 Å². The molecule has 1 N–H and O–H groups in total. The van der Waals surface area contributed by atoms with Crippen LogP contribution >= 0.6 is 11.6 Å². The first-order valence-corrected chi connectivity index (χ1v) is 8.84. The minimum atomic E-state index is 0.615. The van der Waals surface area contributed by atoms with E-state index >= 15 is 0 Å². The van der Waals surface area contributed by atoms with Crippen LogP contribution in [0.5, 0.6) is 0 Å². The van der Waals surface area contributed by atoms with Crippen LogP contribution in [0.25, 0.3) is 22.6 Å². The van der Waals surface area contributed by atoms with E-state index in [1.807, 2.05) is 60.8 Å². The van der Waals surface area contributed by atoms with Gasteiger partial charge in [-0.1, -0.05) is 29.8 Å². The maximum atomic E-state index is 6.02. The summed E-state index contributed by atoms with van der Waals surface area (Å²) < 4.78 is 0. The molecule has 3 heterocycles. The number of nitrogens with zero attached hydrogens (tertiary/aromatic N) is 4. The molecule has 1 aromatic carbocycles. The molecule has 4 aromatic rings. The maximum Gasteiger partial charge on any atom is 0.163 e. The van der Waals surface area contributed by atoms with E-state index in [9.17, 15) is 0 Å². The molecule has 5 nitrogen and oxygen atoms in total. The number of pyridine rings is 2. The van der Waals surface area contributed by atoms with Crippen molar-refractivity contribution in [3.63, 3.8) is 0 Å². The molecule has 0 amide bonds. The number of hydrogen-bond donors (Lipinski definition) is 1. The molecule has 3 aromatic heterocycles. The van der Waals surface area contributed by atoms with Gasteiger partial charge in [0, 0.05) is 53.5 Å². The zero-order chi connectivity index (χ0) is 18.5. The van der Waals surface area contributed by atoms with Gasteiger partial charge in [0.15, 0.2) is 5.82 Å². The maximum absolute atomic E-state index is 6.02. The summed E-state index contributed by atoms with van der Waals surface area (Å²) in [4.78, 5) is 17.7. The Morgan fingerprint density at radius 1 is 0.815 bits per heavy atom. The van der Waals surface area contributed by atoms with Crippen molar-refractivity contribution in [2.24, 2.45) is 0 Å². The Morgan fingerprint density at radius 2 is 1.59 bits per heavy atom. The number of halogens is 1. The summed E-state index contributed by atoms with van der Waals surface area (Å²) in [5.74, 6) is 1.35. The highest BCUT2D eigenvalue weighted by Crippen LogP contribution is 2.25. The number of rotatable bonds is 5. The second kappa shape index (κ2) is 7.93. The zero-order valence-electron chi connectivity index (χ0n) is 14.4. The predicted octanol–water partition coefficient (Wildman–Crippen LogP) is 4.87. The molecule has 0 saturated heterocycles. The first-order chi connectivity index (χ1) is 13.3. The number of hydrogen-bond acceptors (Lipinski definition) is 5. The molecular formula is C21H16ClN5. The predicted molar refractivity (Wildman–Crippen MR) is 107 cm³/mol. The van der Waals surface area contributed by atoms with Gasteiger partial charge in [0.2, 0.25) is 0 Å².